The van der Waals surface area contributed by atoms with E-state index >= 15 is 0 Å². The molecule has 2 nitrogen and oxygen atoms in total. The van der Waals surface area contributed by atoms with E-state index in [1.54, 1.807) is 0 Å². The molecule has 0 unspecified atom stereocenters. The second-order valence-corrected chi connectivity index (χ2v) is 4.65. The van der Waals surface area contributed by atoms with E-state index in [-0.39, 0.29) is 17.8 Å². The Morgan fingerprint density at radius 2 is 1.87 bits per heavy atom. The van der Waals surface area contributed by atoms with Gasteiger partial charge in [-0.15, -0.1) is 0 Å². The SMILES string of the molecule is COCC(=O)c1ccccc1C(C)(C)C. The largest absolute Gasteiger partial charge is 0.377 e. The van der Waals surface area contributed by atoms with Crippen molar-refractivity contribution >= 4 is 5.78 Å². The van der Waals surface area contributed by atoms with Gasteiger partial charge in [0.05, 0.1) is 0 Å². The van der Waals surface area contributed by atoms with Gasteiger partial charge in [0.15, 0.2) is 5.78 Å². The number of ketones is 1. The van der Waals surface area contributed by atoms with Gasteiger partial charge in [-0.25, -0.2) is 0 Å². The summed E-state index contributed by atoms with van der Waals surface area (Å²) in [5.74, 6) is 0.0445. The van der Waals surface area contributed by atoms with Gasteiger partial charge in [0.1, 0.15) is 6.61 Å². The molecule has 0 N–H and O–H groups in total. The van der Waals surface area contributed by atoms with Gasteiger partial charge < -0.3 is 4.74 Å². The fourth-order valence-corrected chi connectivity index (χ4v) is 1.59. The first-order valence-electron chi connectivity index (χ1n) is 5.08. The predicted octanol–water partition coefficient (Wildman–Crippen LogP) is 2.81. The zero-order valence-corrected chi connectivity index (χ0v) is 9.83. The maximum absolute atomic E-state index is 11.8. The third-order valence-electron chi connectivity index (χ3n) is 2.31. The van der Waals surface area contributed by atoms with Crippen molar-refractivity contribution in [3.05, 3.63) is 35.4 Å². The zero-order valence-electron chi connectivity index (χ0n) is 9.83. The van der Waals surface area contributed by atoms with Crippen LogP contribution in [0.3, 0.4) is 0 Å². The minimum atomic E-state index is -0.0139. The summed E-state index contributed by atoms with van der Waals surface area (Å²) in [7, 11) is 1.54. The molecular weight excluding hydrogens is 188 g/mol. The van der Waals surface area contributed by atoms with Gasteiger partial charge in [-0.3, -0.25) is 4.79 Å². The van der Waals surface area contributed by atoms with Gasteiger partial charge >= 0.3 is 0 Å². The Bertz CT molecular complexity index is 348. The molecule has 0 atom stereocenters. The van der Waals surface area contributed by atoms with Crippen LogP contribution in [0, 0.1) is 0 Å². The first-order chi connectivity index (χ1) is 6.96. The normalized spacial score (nSPS) is 11.5. The van der Waals surface area contributed by atoms with Crippen molar-refractivity contribution < 1.29 is 9.53 Å². The second-order valence-electron chi connectivity index (χ2n) is 4.65. The minimum absolute atomic E-state index is 0.0139. The average molecular weight is 206 g/mol. The smallest absolute Gasteiger partial charge is 0.188 e. The van der Waals surface area contributed by atoms with Gasteiger partial charge in [-0.1, -0.05) is 45.0 Å². The lowest BCUT2D eigenvalue weighted by Gasteiger charge is -2.22. The van der Waals surface area contributed by atoms with E-state index in [4.69, 9.17) is 4.74 Å². The lowest BCUT2D eigenvalue weighted by molar-refractivity contribution is 0.0846. The number of hydrogen-bond donors (Lipinski definition) is 0. The number of methoxy groups -OCH3 is 1. The lowest BCUT2D eigenvalue weighted by atomic mass is 9.83. The van der Waals surface area contributed by atoms with Gasteiger partial charge in [-0.2, -0.15) is 0 Å². The molecule has 0 aliphatic carbocycles. The summed E-state index contributed by atoms with van der Waals surface area (Å²) in [5.41, 5.74) is 1.83. The quantitative estimate of drug-likeness (QED) is 0.711. The lowest BCUT2D eigenvalue weighted by Crippen LogP contribution is -2.18. The molecule has 0 aliphatic rings. The highest BCUT2D eigenvalue weighted by Gasteiger charge is 2.20. The van der Waals surface area contributed by atoms with Crippen LogP contribution in [0.15, 0.2) is 24.3 Å². The summed E-state index contributed by atoms with van der Waals surface area (Å²) in [6, 6.07) is 7.72. The fraction of sp³-hybridized carbons (Fsp3) is 0.462. The number of Topliss-reactive ketones (excluding diaryl/α,β-unsaturated/α-hetero) is 1. The van der Waals surface area contributed by atoms with Crippen LogP contribution in [-0.2, 0) is 10.2 Å². The Labute approximate surface area is 91.3 Å². The molecular formula is C13H18O2. The zero-order chi connectivity index (χ0) is 11.5. The van der Waals surface area contributed by atoms with Crippen LogP contribution in [0.25, 0.3) is 0 Å². The molecule has 0 bridgehead atoms. The van der Waals surface area contributed by atoms with Crippen LogP contribution in [0.5, 0.6) is 0 Å². The molecule has 0 saturated carbocycles. The van der Waals surface area contributed by atoms with Crippen LogP contribution in [0.4, 0.5) is 0 Å². The Morgan fingerprint density at radius 1 is 1.27 bits per heavy atom. The highest BCUT2D eigenvalue weighted by Crippen LogP contribution is 2.25. The van der Waals surface area contributed by atoms with E-state index in [0.29, 0.717) is 0 Å². The standard InChI is InChI=1S/C13H18O2/c1-13(2,3)11-8-6-5-7-10(11)12(14)9-15-4/h5-8H,9H2,1-4H3. The van der Waals surface area contributed by atoms with E-state index in [1.165, 1.54) is 7.11 Å². The summed E-state index contributed by atoms with van der Waals surface area (Å²) >= 11 is 0. The van der Waals surface area contributed by atoms with Crippen molar-refractivity contribution in [2.45, 2.75) is 26.2 Å². The number of benzene rings is 1. The molecule has 0 heterocycles. The van der Waals surface area contributed by atoms with E-state index in [0.717, 1.165) is 11.1 Å². The summed E-state index contributed by atoms with van der Waals surface area (Å²) in [4.78, 5) is 11.8. The Balaban J connectivity index is 3.12. The molecule has 1 rings (SSSR count). The average Bonchev–Trinajstić information content (AvgIpc) is 2.17. The van der Waals surface area contributed by atoms with Gasteiger partial charge in [0, 0.05) is 12.7 Å². The number of rotatable bonds is 3. The van der Waals surface area contributed by atoms with Crippen molar-refractivity contribution in [2.75, 3.05) is 13.7 Å². The molecule has 15 heavy (non-hydrogen) atoms. The van der Waals surface area contributed by atoms with Crippen molar-refractivity contribution in [1.29, 1.82) is 0 Å². The maximum Gasteiger partial charge on any atom is 0.188 e. The van der Waals surface area contributed by atoms with Gasteiger partial charge in [-0.05, 0) is 11.0 Å². The van der Waals surface area contributed by atoms with Crippen LogP contribution >= 0.6 is 0 Å². The predicted molar refractivity (Wildman–Crippen MR) is 61.3 cm³/mol. The summed E-state index contributed by atoms with van der Waals surface area (Å²) in [5, 5.41) is 0. The van der Waals surface area contributed by atoms with Crippen LogP contribution in [0.1, 0.15) is 36.7 Å². The Kier molecular flexibility index (Phi) is 3.64. The molecule has 0 spiro atoms. The topological polar surface area (TPSA) is 26.3 Å². The summed E-state index contributed by atoms with van der Waals surface area (Å²) < 4.78 is 4.88. The van der Waals surface area contributed by atoms with Gasteiger partial charge in [0.2, 0.25) is 0 Å². The molecule has 0 aliphatic heterocycles. The molecule has 0 fully saturated rings. The summed E-state index contributed by atoms with van der Waals surface area (Å²) in [6.45, 7) is 6.46. The number of ether oxygens (including phenoxy) is 1. The van der Waals surface area contributed by atoms with E-state index in [2.05, 4.69) is 20.8 Å². The van der Waals surface area contributed by atoms with Gasteiger partial charge in [0.25, 0.3) is 0 Å². The van der Waals surface area contributed by atoms with Crippen molar-refractivity contribution in [3.8, 4) is 0 Å². The van der Waals surface area contributed by atoms with Crippen LogP contribution in [0.2, 0.25) is 0 Å². The molecule has 0 aromatic heterocycles. The highest BCUT2D eigenvalue weighted by atomic mass is 16.5. The monoisotopic (exact) mass is 206 g/mol. The molecule has 0 saturated heterocycles. The first-order valence-corrected chi connectivity index (χ1v) is 5.08. The van der Waals surface area contributed by atoms with Crippen molar-refractivity contribution in [2.24, 2.45) is 0 Å². The second kappa shape index (κ2) is 4.58. The third-order valence-corrected chi connectivity index (χ3v) is 2.31. The number of carbonyl (C=O) groups excluding carboxylic acids is 1. The molecule has 82 valence electrons. The van der Waals surface area contributed by atoms with Crippen LogP contribution < -0.4 is 0 Å². The van der Waals surface area contributed by atoms with E-state index < -0.39 is 0 Å². The van der Waals surface area contributed by atoms with Crippen LogP contribution in [-0.4, -0.2) is 19.5 Å². The van der Waals surface area contributed by atoms with Crippen molar-refractivity contribution in [3.63, 3.8) is 0 Å². The molecule has 2 heteroatoms. The third kappa shape index (κ3) is 2.90. The molecule has 1 aromatic carbocycles. The fourth-order valence-electron chi connectivity index (χ4n) is 1.59. The first kappa shape index (κ1) is 11.9. The van der Waals surface area contributed by atoms with Crippen molar-refractivity contribution in [1.82, 2.24) is 0 Å². The Hall–Kier alpha value is -1.15. The Morgan fingerprint density at radius 3 is 2.40 bits per heavy atom. The maximum atomic E-state index is 11.8. The number of carbonyl (C=O) groups is 1. The van der Waals surface area contributed by atoms with E-state index in [1.807, 2.05) is 24.3 Å². The molecule has 1 aromatic rings. The van der Waals surface area contributed by atoms with E-state index in [9.17, 15) is 4.79 Å². The minimum Gasteiger partial charge on any atom is -0.377 e. The number of hydrogen-bond acceptors (Lipinski definition) is 2. The molecule has 0 amide bonds. The highest BCUT2D eigenvalue weighted by molar-refractivity contribution is 5.98. The molecule has 0 radical (unpaired) electrons. The summed E-state index contributed by atoms with van der Waals surface area (Å²) in [6.07, 6.45) is 0.